The topological polar surface area (TPSA) is 61.2 Å². The normalized spacial score (nSPS) is 12.8. The van der Waals surface area contributed by atoms with Crippen LogP contribution in [0.15, 0.2) is 0 Å². The van der Waals surface area contributed by atoms with Crippen molar-refractivity contribution in [3.05, 3.63) is 0 Å². The molecule has 0 radical (unpaired) electrons. The van der Waals surface area contributed by atoms with Gasteiger partial charge in [0, 0.05) is 13.1 Å². The fourth-order valence-corrected chi connectivity index (χ4v) is 6.33. The minimum atomic E-state index is -3.55. The fourth-order valence-electron chi connectivity index (χ4n) is 4.60. The van der Waals surface area contributed by atoms with E-state index < -0.39 is 15.3 Å². The molecule has 1 atom stereocenters. The van der Waals surface area contributed by atoms with E-state index in [1.54, 1.807) is 4.31 Å². The Hall–Kier alpha value is -0.600. The fraction of sp³-hybridized carbons (Fsp3) is 0.966. The molecule has 1 unspecified atom stereocenters. The zero-order valence-electron chi connectivity index (χ0n) is 23.2. The Morgan fingerprint density at radius 1 is 0.559 bits per heavy atom. The van der Waals surface area contributed by atoms with Crippen LogP contribution in [0, 0.1) is 11.3 Å². The first kappa shape index (κ1) is 33.4. The van der Waals surface area contributed by atoms with Crippen molar-refractivity contribution < 1.29 is 8.42 Å². The maximum atomic E-state index is 13.4. The van der Waals surface area contributed by atoms with E-state index in [-0.39, 0.29) is 0 Å². The predicted molar refractivity (Wildman–Crippen MR) is 148 cm³/mol. The molecule has 0 bridgehead atoms. The zero-order chi connectivity index (χ0) is 25.3. The lowest BCUT2D eigenvalue weighted by Crippen LogP contribution is -2.39. The number of hydrogen-bond donors (Lipinski definition) is 0. The summed E-state index contributed by atoms with van der Waals surface area (Å²) < 4.78 is 28.4. The molecule has 0 aromatic carbocycles. The largest absolute Gasteiger partial charge is 0.230 e. The number of nitrogens with zero attached hydrogens (tertiary/aromatic N) is 2. The van der Waals surface area contributed by atoms with Gasteiger partial charge in [-0.05, 0) is 19.3 Å². The van der Waals surface area contributed by atoms with Gasteiger partial charge in [0.1, 0.15) is 0 Å². The highest BCUT2D eigenvalue weighted by atomic mass is 32.2. The van der Waals surface area contributed by atoms with E-state index in [0.29, 0.717) is 19.5 Å². The molecule has 0 rings (SSSR count). The number of nitriles is 1. The second kappa shape index (κ2) is 24.1. The summed E-state index contributed by atoms with van der Waals surface area (Å²) in [6.07, 6.45) is 25.0. The van der Waals surface area contributed by atoms with Gasteiger partial charge in [-0.3, -0.25) is 0 Å². The van der Waals surface area contributed by atoms with Gasteiger partial charge < -0.3 is 0 Å². The standard InChI is InChI=1S/C29H58N2O2S/c1-4-7-10-13-16-19-22-25-29(28-30)34(32,33)31(26-23-20-17-14-11-8-5-2)27-24-21-18-15-12-9-6-3/h29H,4-27H2,1-3H3. The van der Waals surface area contributed by atoms with Crippen molar-refractivity contribution >= 4 is 10.0 Å². The summed E-state index contributed by atoms with van der Waals surface area (Å²) in [5, 5.41) is 8.83. The molecule has 0 aliphatic heterocycles. The maximum absolute atomic E-state index is 13.4. The summed E-state index contributed by atoms with van der Waals surface area (Å²) in [4.78, 5) is 0. The van der Waals surface area contributed by atoms with Crippen molar-refractivity contribution in [2.24, 2.45) is 0 Å². The van der Waals surface area contributed by atoms with E-state index in [1.165, 1.54) is 89.9 Å². The first-order valence-corrected chi connectivity index (χ1v) is 16.4. The first-order valence-electron chi connectivity index (χ1n) is 14.9. The van der Waals surface area contributed by atoms with Crippen molar-refractivity contribution in [2.45, 2.75) is 167 Å². The van der Waals surface area contributed by atoms with E-state index in [9.17, 15) is 13.7 Å². The quantitative estimate of drug-likeness (QED) is 0.112. The van der Waals surface area contributed by atoms with Crippen LogP contribution in [0.1, 0.15) is 162 Å². The second-order valence-electron chi connectivity index (χ2n) is 10.2. The van der Waals surface area contributed by atoms with E-state index in [1.807, 2.05) is 0 Å². The molecule has 0 saturated carbocycles. The number of unbranched alkanes of at least 4 members (excludes halogenated alkanes) is 18. The lowest BCUT2D eigenvalue weighted by Gasteiger charge is -2.25. The van der Waals surface area contributed by atoms with E-state index >= 15 is 0 Å². The van der Waals surface area contributed by atoms with Crippen molar-refractivity contribution in [3.63, 3.8) is 0 Å². The Balaban J connectivity index is 4.65. The molecule has 202 valence electrons. The van der Waals surface area contributed by atoms with Gasteiger partial charge in [-0.1, -0.05) is 143 Å². The molecule has 0 N–H and O–H groups in total. The molecule has 0 heterocycles. The Morgan fingerprint density at radius 3 is 1.24 bits per heavy atom. The van der Waals surface area contributed by atoms with Crippen molar-refractivity contribution in [3.8, 4) is 6.07 Å². The molecule has 0 spiro atoms. The van der Waals surface area contributed by atoms with Crippen LogP contribution >= 0.6 is 0 Å². The van der Waals surface area contributed by atoms with Crippen LogP contribution in [-0.2, 0) is 10.0 Å². The number of rotatable bonds is 26. The third-order valence-corrected chi connectivity index (χ3v) is 9.10. The Kier molecular flexibility index (Phi) is 23.7. The third-order valence-electron chi connectivity index (χ3n) is 6.96. The van der Waals surface area contributed by atoms with Gasteiger partial charge in [0.2, 0.25) is 10.0 Å². The Bertz CT molecular complexity index is 553. The van der Waals surface area contributed by atoms with Crippen LogP contribution in [0.3, 0.4) is 0 Å². The van der Waals surface area contributed by atoms with Gasteiger partial charge in [-0.25, -0.2) is 12.7 Å². The van der Waals surface area contributed by atoms with E-state index in [0.717, 1.165) is 44.9 Å². The third kappa shape index (κ3) is 17.8. The van der Waals surface area contributed by atoms with Gasteiger partial charge in [0.15, 0.2) is 5.25 Å². The number of hydrogen-bond acceptors (Lipinski definition) is 3. The van der Waals surface area contributed by atoms with Gasteiger partial charge in [-0.2, -0.15) is 5.26 Å². The van der Waals surface area contributed by atoms with Gasteiger partial charge in [0.25, 0.3) is 0 Å². The molecule has 4 nitrogen and oxygen atoms in total. The summed E-state index contributed by atoms with van der Waals surface area (Å²) >= 11 is 0. The summed E-state index contributed by atoms with van der Waals surface area (Å²) in [6.45, 7) is 7.84. The van der Waals surface area contributed by atoms with Crippen molar-refractivity contribution in [1.29, 1.82) is 5.26 Å². The van der Waals surface area contributed by atoms with Crippen LogP contribution in [0.25, 0.3) is 0 Å². The SMILES string of the molecule is CCCCCCCCCC(C#N)S(=O)(=O)N(CCCCCCCCC)CCCCCCCCC. The molecule has 0 amide bonds. The molecular formula is C29H58N2O2S. The average molecular weight is 499 g/mol. The Morgan fingerprint density at radius 2 is 0.882 bits per heavy atom. The summed E-state index contributed by atoms with van der Waals surface area (Å²) in [7, 11) is -3.55. The van der Waals surface area contributed by atoms with E-state index in [2.05, 4.69) is 26.8 Å². The molecular weight excluding hydrogens is 440 g/mol. The van der Waals surface area contributed by atoms with Crippen molar-refractivity contribution in [2.75, 3.05) is 13.1 Å². The van der Waals surface area contributed by atoms with Gasteiger partial charge in [0.05, 0.1) is 6.07 Å². The van der Waals surface area contributed by atoms with Crippen LogP contribution in [0.4, 0.5) is 0 Å². The minimum Gasteiger partial charge on any atom is -0.211 e. The highest BCUT2D eigenvalue weighted by Crippen LogP contribution is 2.19. The molecule has 0 saturated heterocycles. The molecule has 0 fully saturated rings. The highest BCUT2D eigenvalue weighted by Gasteiger charge is 2.31. The number of sulfonamides is 1. The molecule has 5 heteroatoms. The van der Waals surface area contributed by atoms with Gasteiger partial charge >= 0.3 is 0 Å². The monoisotopic (exact) mass is 498 g/mol. The highest BCUT2D eigenvalue weighted by molar-refractivity contribution is 7.90. The average Bonchev–Trinajstić information content (AvgIpc) is 2.83. The molecule has 0 aliphatic rings. The lowest BCUT2D eigenvalue weighted by atomic mass is 10.1. The zero-order valence-corrected chi connectivity index (χ0v) is 24.0. The molecule has 0 aromatic rings. The molecule has 0 aliphatic carbocycles. The first-order chi connectivity index (χ1) is 16.5. The minimum absolute atomic E-state index is 0.483. The summed E-state index contributed by atoms with van der Waals surface area (Å²) in [5.74, 6) is 0. The van der Waals surface area contributed by atoms with E-state index in [4.69, 9.17) is 0 Å². The predicted octanol–water partition coefficient (Wildman–Crippen LogP) is 9.15. The van der Waals surface area contributed by atoms with Crippen LogP contribution < -0.4 is 0 Å². The smallest absolute Gasteiger partial charge is 0.211 e. The molecule has 0 aromatic heterocycles. The lowest BCUT2D eigenvalue weighted by molar-refractivity contribution is 0.379. The van der Waals surface area contributed by atoms with Crippen LogP contribution in [0.5, 0.6) is 0 Å². The Labute approximate surface area is 214 Å². The maximum Gasteiger partial charge on any atom is 0.230 e. The van der Waals surface area contributed by atoms with Crippen LogP contribution in [-0.4, -0.2) is 31.1 Å². The molecule has 34 heavy (non-hydrogen) atoms. The summed E-state index contributed by atoms with van der Waals surface area (Å²) in [6, 6.07) is 2.15. The van der Waals surface area contributed by atoms with Crippen molar-refractivity contribution in [1.82, 2.24) is 4.31 Å². The van der Waals surface area contributed by atoms with Crippen LogP contribution in [0.2, 0.25) is 0 Å². The van der Waals surface area contributed by atoms with Gasteiger partial charge in [-0.15, -0.1) is 0 Å². The summed E-state index contributed by atoms with van der Waals surface area (Å²) in [5.41, 5.74) is 0. The second-order valence-corrected chi connectivity index (χ2v) is 12.3.